The summed E-state index contributed by atoms with van der Waals surface area (Å²) in [7, 11) is 1.65. The average Bonchev–Trinajstić information content (AvgIpc) is 3.27. The summed E-state index contributed by atoms with van der Waals surface area (Å²) in [5.74, 6) is 2.99. The molecule has 1 aromatic carbocycles. The minimum atomic E-state index is -0.0585. The normalized spacial score (nSPS) is 20.9. The van der Waals surface area contributed by atoms with E-state index in [1.807, 2.05) is 36.1 Å². The first-order valence-electron chi connectivity index (χ1n) is 11.7. The summed E-state index contributed by atoms with van der Waals surface area (Å²) in [6.45, 7) is 7.00. The predicted octanol–water partition coefficient (Wildman–Crippen LogP) is 3.20. The van der Waals surface area contributed by atoms with Crippen molar-refractivity contribution in [3.8, 4) is 11.5 Å². The van der Waals surface area contributed by atoms with Crippen LogP contribution in [0.3, 0.4) is 0 Å². The first kappa shape index (κ1) is 23.2. The number of hydrogen-bond donors (Lipinski definition) is 2. The van der Waals surface area contributed by atoms with E-state index in [0.29, 0.717) is 12.5 Å². The second-order valence-electron chi connectivity index (χ2n) is 8.57. The second-order valence-corrected chi connectivity index (χ2v) is 8.57. The molecule has 1 saturated carbocycles. The van der Waals surface area contributed by atoms with Crippen molar-refractivity contribution >= 4 is 11.9 Å². The van der Waals surface area contributed by atoms with Crippen molar-refractivity contribution in [2.75, 3.05) is 33.3 Å². The molecule has 1 amide bonds. The molecule has 2 unspecified atom stereocenters. The van der Waals surface area contributed by atoms with Crippen LogP contribution in [0.2, 0.25) is 0 Å². The highest BCUT2D eigenvalue weighted by atomic mass is 16.5. The molecule has 3 rings (SSSR count). The van der Waals surface area contributed by atoms with E-state index in [4.69, 9.17) is 14.5 Å². The molecular weight excluding hydrogens is 392 g/mol. The Morgan fingerprint density at radius 1 is 1.16 bits per heavy atom. The van der Waals surface area contributed by atoms with Crippen LogP contribution < -0.4 is 20.1 Å². The highest BCUT2D eigenvalue weighted by Gasteiger charge is 2.31. The maximum absolute atomic E-state index is 12.8. The van der Waals surface area contributed by atoms with Gasteiger partial charge in [-0.1, -0.05) is 19.3 Å². The van der Waals surface area contributed by atoms with Gasteiger partial charge in [-0.25, -0.2) is 4.99 Å². The van der Waals surface area contributed by atoms with E-state index < -0.39 is 0 Å². The summed E-state index contributed by atoms with van der Waals surface area (Å²) in [6.07, 6.45) is 6.68. The van der Waals surface area contributed by atoms with Crippen molar-refractivity contribution in [3.63, 3.8) is 0 Å². The Morgan fingerprint density at radius 2 is 1.87 bits per heavy atom. The molecule has 1 aliphatic heterocycles. The summed E-state index contributed by atoms with van der Waals surface area (Å²) in [5.41, 5.74) is 0. The van der Waals surface area contributed by atoms with Crippen LogP contribution in [0, 0.1) is 5.92 Å². The van der Waals surface area contributed by atoms with Gasteiger partial charge < -0.3 is 25.0 Å². The van der Waals surface area contributed by atoms with Gasteiger partial charge >= 0.3 is 0 Å². The van der Waals surface area contributed by atoms with Crippen LogP contribution in [-0.4, -0.2) is 62.2 Å². The minimum absolute atomic E-state index is 0.0585. The number of ether oxygens (including phenoxy) is 2. The molecule has 2 fully saturated rings. The molecule has 0 radical (unpaired) electrons. The third-order valence-corrected chi connectivity index (χ3v) is 6.04. The van der Waals surface area contributed by atoms with Gasteiger partial charge in [-0.05, 0) is 57.4 Å². The third kappa shape index (κ3) is 7.04. The molecule has 1 saturated heterocycles. The van der Waals surface area contributed by atoms with Crippen LogP contribution in [0.15, 0.2) is 29.3 Å². The molecule has 1 heterocycles. The van der Waals surface area contributed by atoms with Crippen molar-refractivity contribution in [1.82, 2.24) is 15.5 Å². The molecule has 31 heavy (non-hydrogen) atoms. The number of aliphatic imine (C=N–C) groups is 1. The van der Waals surface area contributed by atoms with Crippen LogP contribution in [0.5, 0.6) is 11.5 Å². The van der Waals surface area contributed by atoms with E-state index in [1.165, 1.54) is 19.3 Å². The van der Waals surface area contributed by atoms with Crippen molar-refractivity contribution in [2.24, 2.45) is 10.9 Å². The zero-order valence-corrected chi connectivity index (χ0v) is 19.2. The van der Waals surface area contributed by atoms with Crippen molar-refractivity contribution < 1.29 is 14.3 Å². The number of guanidine groups is 1. The Morgan fingerprint density at radius 3 is 2.55 bits per heavy atom. The number of benzene rings is 1. The van der Waals surface area contributed by atoms with Crippen LogP contribution in [0.25, 0.3) is 0 Å². The summed E-state index contributed by atoms with van der Waals surface area (Å²) in [5, 5.41) is 6.83. The highest BCUT2D eigenvalue weighted by molar-refractivity contribution is 5.81. The van der Waals surface area contributed by atoms with E-state index in [2.05, 4.69) is 17.6 Å². The molecule has 0 spiro atoms. The molecule has 7 heteroatoms. The fourth-order valence-corrected chi connectivity index (χ4v) is 4.34. The molecule has 7 nitrogen and oxygen atoms in total. The van der Waals surface area contributed by atoms with Crippen LogP contribution in [-0.2, 0) is 4.79 Å². The number of nitrogens with one attached hydrogen (secondary N) is 2. The maximum atomic E-state index is 12.8. The van der Waals surface area contributed by atoms with Crippen LogP contribution >= 0.6 is 0 Å². The fourth-order valence-electron chi connectivity index (χ4n) is 4.34. The Hall–Kier alpha value is -2.44. The fraction of sp³-hybridized carbons (Fsp3) is 0.667. The number of hydrogen-bond acceptors (Lipinski definition) is 4. The smallest absolute Gasteiger partial charge is 0.225 e. The lowest BCUT2D eigenvalue weighted by Gasteiger charge is -2.26. The minimum Gasteiger partial charge on any atom is -0.497 e. The van der Waals surface area contributed by atoms with Gasteiger partial charge in [0.15, 0.2) is 5.96 Å². The van der Waals surface area contributed by atoms with Gasteiger partial charge in [0, 0.05) is 31.6 Å². The van der Waals surface area contributed by atoms with Gasteiger partial charge in [0.05, 0.1) is 13.7 Å². The molecule has 0 bridgehead atoms. The number of amides is 1. The molecule has 1 aliphatic carbocycles. The maximum Gasteiger partial charge on any atom is 0.225 e. The first-order chi connectivity index (χ1) is 15.1. The lowest BCUT2D eigenvalue weighted by Crippen LogP contribution is -2.46. The summed E-state index contributed by atoms with van der Waals surface area (Å²) < 4.78 is 11.1. The molecule has 2 N–H and O–H groups in total. The molecule has 0 aromatic heterocycles. The van der Waals surface area contributed by atoms with Crippen molar-refractivity contribution in [1.29, 1.82) is 0 Å². The monoisotopic (exact) mass is 430 g/mol. The molecule has 172 valence electrons. The van der Waals surface area contributed by atoms with Gasteiger partial charge in [-0.2, -0.15) is 0 Å². The number of carbonyl (C=O) groups excluding carboxylic acids is 1. The second kappa shape index (κ2) is 11.8. The quantitative estimate of drug-likeness (QED) is 0.489. The lowest BCUT2D eigenvalue weighted by molar-refractivity contribution is -0.135. The van der Waals surface area contributed by atoms with Crippen LogP contribution in [0.4, 0.5) is 0 Å². The number of carbonyl (C=O) groups is 1. The standard InChI is InChI=1S/C24H38N4O3/c1-4-25-24(26-16-18(2)31-22-12-10-21(30-3)11-13-22)27-20-14-15-28(17-20)23(29)19-8-6-5-7-9-19/h10-13,18-20H,4-9,14-17H2,1-3H3,(H2,25,26,27). The summed E-state index contributed by atoms with van der Waals surface area (Å²) in [6, 6.07) is 7.82. The topological polar surface area (TPSA) is 75.2 Å². The van der Waals surface area contributed by atoms with E-state index in [-0.39, 0.29) is 18.1 Å². The molecule has 2 atom stereocenters. The number of methoxy groups -OCH3 is 1. The number of nitrogens with zero attached hydrogens (tertiary/aromatic N) is 2. The van der Waals surface area contributed by atoms with Gasteiger partial charge in [0.25, 0.3) is 0 Å². The van der Waals surface area contributed by atoms with Gasteiger partial charge in [0.2, 0.25) is 5.91 Å². The van der Waals surface area contributed by atoms with Gasteiger partial charge in [-0.15, -0.1) is 0 Å². The van der Waals surface area contributed by atoms with Gasteiger partial charge in [0.1, 0.15) is 17.6 Å². The molecule has 2 aliphatic rings. The Balaban J connectivity index is 1.48. The number of rotatable bonds is 8. The number of likely N-dealkylation sites (tertiary alicyclic amines) is 1. The Bertz CT molecular complexity index is 716. The zero-order chi connectivity index (χ0) is 22.1. The predicted molar refractivity (Wildman–Crippen MR) is 124 cm³/mol. The Labute approximate surface area is 186 Å². The summed E-state index contributed by atoms with van der Waals surface area (Å²) >= 11 is 0. The molecule has 1 aromatic rings. The van der Waals surface area contributed by atoms with Gasteiger partial charge in [-0.3, -0.25) is 4.79 Å². The van der Waals surface area contributed by atoms with E-state index in [0.717, 1.165) is 56.4 Å². The van der Waals surface area contributed by atoms with E-state index in [9.17, 15) is 4.79 Å². The largest absolute Gasteiger partial charge is 0.497 e. The SMILES string of the molecule is CCNC(=NCC(C)Oc1ccc(OC)cc1)NC1CCN(C(=O)C2CCCCC2)C1. The molecular formula is C24H38N4O3. The first-order valence-corrected chi connectivity index (χ1v) is 11.7. The highest BCUT2D eigenvalue weighted by Crippen LogP contribution is 2.26. The Kier molecular flexibility index (Phi) is 8.85. The third-order valence-electron chi connectivity index (χ3n) is 6.04. The average molecular weight is 431 g/mol. The van der Waals surface area contributed by atoms with E-state index >= 15 is 0 Å². The van der Waals surface area contributed by atoms with Crippen molar-refractivity contribution in [3.05, 3.63) is 24.3 Å². The zero-order valence-electron chi connectivity index (χ0n) is 19.2. The lowest BCUT2D eigenvalue weighted by atomic mass is 9.88. The van der Waals surface area contributed by atoms with E-state index in [1.54, 1.807) is 7.11 Å². The summed E-state index contributed by atoms with van der Waals surface area (Å²) in [4.78, 5) is 19.6. The van der Waals surface area contributed by atoms with Crippen LogP contribution in [0.1, 0.15) is 52.4 Å². The van der Waals surface area contributed by atoms with Crippen molar-refractivity contribution in [2.45, 2.75) is 64.5 Å².